The molecule has 0 aromatic heterocycles. The van der Waals surface area contributed by atoms with Gasteiger partial charge < -0.3 is 5.73 Å². The monoisotopic (exact) mass is 209 g/mol. The molecular weight excluding hydrogens is 202 g/mol. The molecule has 0 atom stereocenters. The SMILES string of the molecule is CSc1cc(N)c([N+](=O)[O-])cc1C#N. The molecule has 1 rings (SSSR count). The maximum absolute atomic E-state index is 10.5. The highest BCUT2D eigenvalue weighted by Crippen LogP contribution is 2.30. The molecule has 6 heteroatoms. The van der Waals surface area contributed by atoms with Crippen LogP contribution in [-0.2, 0) is 0 Å². The summed E-state index contributed by atoms with van der Waals surface area (Å²) in [5.74, 6) is 0. The van der Waals surface area contributed by atoms with E-state index < -0.39 is 4.92 Å². The lowest BCUT2D eigenvalue weighted by Gasteiger charge is -2.02. The lowest BCUT2D eigenvalue weighted by Crippen LogP contribution is -1.97. The molecule has 1 aromatic carbocycles. The molecule has 0 unspecified atom stereocenters. The number of rotatable bonds is 2. The first-order chi connectivity index (χ1) is 6.60. The highest BCUT2D eigenvalue weighted by atomic mass is 32.2. The number of nitrogens with zero attached hydrogens (tertiary/aromatic N) is 2. The number of nitrogens with two attached hydrogens (primary N) is 1. The Bertz CT molecular complexity index is 425. The first-order valence-corrected chi connectivity index (χ1v) is 4.84. The summed E-state index contributed by atoms with van der Waals surface area (Å²) in [7, 11) is 0. The van der Waals surface area contributed by atoms with Crippen LogP contribution in [0.2, 0.25) is 0 Å². The second kappa shape index (κ2) is 3.98. The van der Waals surface area contributed by atoms with Crippen LogP contribution in [0.15, 0.2) is 17.0 Å². The van der Waals surface area contributed by atoms with Crippen LogP contribution >= 0.6 is 11.8 Å². The largest absolute Gasteiger partial charge is 0.393 e. The predicted octanol–water partition coefficient (Wildman–Crippen LogP) is 1.77. The van der Waals surface area contributed by atoms with Gasteiger partial charge in [0.2, 0.25) is 0 Å². The van der Waals surface area contributed by atoms with Gasteiger partial charge in [-0.15, -0.1) is 11.8 Å². The Morgan fingerprint density at radius 1 is 1.64 bits per heavy atom. The van der Waals surface area contributed by atoms with Gasteiger partial charge in [0.15, 0.2) is 0 Å². The van der Waals surface area contributed by atoms with Crippen LogP contribution in [0.5, 0.6) is 0 Å². The number of anilines is 1. The summed E-state index contributed by atoms with van der Waals surface area (Å²) in [6, 6.07) is 4.53. The first-order valence-electron chi connectivity index (χ1n) is 3.62. The third kappa shape index (κ3) is 1.78. The number of nitro groups is 1. The van der Waals surface area contributed by atoms with Gasteiger partial charge in [-0.3, -0.25) is 10.1 Å². The number of benzene rings is 1. The van der Waals surface area contributed by atoms with Crippen LogP contribution in [0.3, 0.4) is 0 Å². The zero-order valence-corrected chi connectivity index (χ0v) is 8.17. The van der Waals surface area contributed by atoms with Crippen LogP contribution in [0.4, 0.5) is 11.4 Å². The van der Waals surface area contributed by atoms with Crippen molar-refractivity contribution in [2.45, 2.75) is 4.90 Å². The van der Waals surface area contributed by atoms with Gasteiger partial charge in [-0.05, 0) is 12.3 Å². The molecule has 72 valence electrons. The average Bonchev–Trinajstić information content (AvgIpc) is 2.16. The van der Waals surface area contributed by atoms with Crippen molar-refractivity contribution >= 4 is 23.1 Å². The van der Waals surface area contributed by atoms with E-state index in [-0.39, 0.29) is 16.9 Å². The molecule has 0 heterocycles. The topological polar surface area (TPSA) is 92.9 Å². The molecule has 0 bridgehead atoms. The smallest absolute Gasteiger partial charge is 0.293 e. The average molecular weight is 209 g/mol. The molecule has 0 fully saturated rings. The Morgan fingerprint density at radius 3 is 2.71 bits per heavy atom. The minimum atomic E-state index is -0.597. The fraction of sp³-hybridized carbons (Fsp3) is 0.125. The number of nitriles is 1. The second-order valence-electron chi connectivity index (χ2n) is 2.48. The van der Waals surface area contributed by atoms with Gasteiger partial charge >= 0.3 is 0 Å². The van der Waals surface area contributed by atoms with Crippen LogP contribution in [0.25, 0.3) is 0 Å². The van der Waals surface area contributed by atoms with E-state index in [2.05, 4.69) is 0 Å². The Hall–Kier alpha value is -1.74. The summed E-state index contributed by atoms with van der Waals surface area (Å²) < 4.78 is 0. The van der Waals surface area contributed by atoms with Gasteiger partial charge in [-0.2, -0.15) is 5.26 Å². The molecule has 0 saturated carbocycles. The summed E-state index contributed by atoms with van der Waals surface area (Å²) in [6.07, 6.45) is 1.78. The zero-order chi connectivity index (χ0) is 10.7. The summed E-state index contributed by atoms with van der Waals surface area (Å²) in [6.45, 7) is 0. The van der Waals surface area contributed by atoms with E-state index in [0.717, 1.165) is 0 Å². The van der Waals surface area contributed by atoms with Crippen LogP contribution < -0.4 is 5.73 Å². The standard InChI is InChI=1S/C8H7N3O2S/c1-14-8-3-6(10)7(11(12)13)2-5(8)4-9/h2-3H,10H2,1H3. The molecule has 0 radical (unpaired) electrons. The fourth-order valence-electron chi connectivity index (χ4n) is 0.998. The third-order valence-corrected chi connectivity index (χ3v) is 2.44. The lowest BCUT2D eigenvalue weighted by molar-refractivity contribution is -0.384. The second-order valence-corrected chi connectivity index (χ2v) is 3.33. The molecule has 14 heavy (non-hydrogen) atoms. The predicted molar refractivity (Wildman–Crippen MR) is 54.0 cm³/mol. The number of hydrogen-bond acceptors (Lipinski definition) is 5. The number of hydrogen-bond donors (Lipinski definition) is 1. The number of nitrogen functional groups attached to an aromatic ring is 1. The van der Waals surface area contributed by atoms with E-state index in [0.29, 0.717) is 4.90 Å². The van der Waals surface area contributed by atoms with Crippen molar-refractivity contribution in [2.75, 3.05) is 12.0 Å². The van der Waals surface area contributed by atoms with Crippen molar-refractivity contribution in [3.8, 4) is 6.07 Å². The molecule has 0 aliphatic heterocycles. The summed E-state index contributed by atoms with van der Waals surface area (Å²) in [5.41, 5.74) is 5.59. The molecule has 1 aromatic rings. The van der Waals surface area contributed by atoms with E-state index in [9.17, 15) is 10.1 Å². The molecular formula is C8H7N3O2S. The minimum absolute atomic E-state index is 0.0818. The highest BCUT2D eigenvalue weighted by Gasteiger charge is 2.15. The maximum Gasteiger partial charge on any atom is 0.293 e. The number of nitro benzene ring substituents is 1. The Kier molecular flexibility index (Phi) is 2.94. The number of thioether (sulfide) groups is 1. The molecule has 0 saturated heterocycles. The summed E-state index contributed by atoms with van der Waals surface area (Å²) >= 11 is 1.33. The van der Waals surface area contributed by atoms with Crippen molar-refractivity contribution in [2.24, 2.45) is 0 Å². The summed E-state index contributed by atoms with van der Waals surface area (Å²) in [4.78, 5) is 10.6. The van der Waals surface area contributed by atoms with E-state index >= 15 is 0 Å². The van der Waals surface area contributed by atoms with Crippen molar-refractivity contribution in [1.82, 2.24) is 0 Å². The highest BCUT2D eigenvalue weighted by molar-refractivity contribution is 7.98. The fourth-order valence-corrected chi connectivity index (χ4v) is 1.57. The van der Waals surface area contributed by atoms with E-state index in [1.807, 2.05) is 6.07 Å². The van der Waals surface area contributed by atoms with Crippen molar-refractivity contribution in [3.05, 3.63) is 27.8 Å². The van der Waals surface area contributed by atoms with Gasteiger partial charge in [0.1, 0.15) is 11.8 Å². The molecule has 0 amide bonds. The van der Waals surface area contributed by atoms with Crippen LogP contribution in [0.1, 0.15) is 5.56 Å². The van der Waals surface area contributed by atoms with Crippen molar-refractivity contribution in [3.63, 3.8) is 0 Å². The maximum atomic E-state index is 10.5. The van der Waals surface area contributed by atoms with Crippen molar-refractivity contribution < 1.29 is 4.92 Å². The lowest BCUT2D eigenvalue weighted by atomic mass is 10.2. The van der Waals surface area contributed by atoms with E-state index in [1.54, 1.807) is 6.26 Å². The van der Waals surface area contributed by atoms with Crippen LogP contribution in [0, 0.1) is 21.4 Å². The normalized spacial score (nSPS) is 9.43. The third-order valence-electron chi connectivity index (χ3n) is 1.67. The Labute approximate surface area is 84.7 Å². The van der Waals surface area contributed by atoms with Gasteiger partial charge in [-0.1, -0.05) is 0 Å². The molecule has 0 spiro atoms. The Balaban J connectivity index is 3.40. The van der Waals surface area contributed by atoms with Gasteiger partial charge in [0.05, 0.1) is 10.5 Å². The summed E-state index contributed by atoms with van der Waals surface area (Å²) in [5, 5.41) is 19.2. The van der Waals surface area contributed by atoms with E-state index in [4.69, 9.17) is 11.0 Å². The molecule has 0 aliphatic rings. The Morgan fingerprint density at radius 2 is 2.29 bits per heavy atom. The van der Waals surface area contributed by atoms with Gasteiger partial charge in [-0.25, -0.2) is 0 Å². The zero-order valence-electron chi connectivity index (χ0n) is 7.35. The molecule has 0 aliphatic carbocycles. The quantitative estimate of drug-likeness (QED) is 0.347. The first kappa shape index (κ1) is 10.3. The van der Waals surface area contributed by atoms with Gasteiger partial charge in [0, 0.05) is 11.0 Å². The molecule has 5 nitrogen and oxygen atoms in total. The minimum Gasteiger partial charge on any atom is -0.393 e. The van der Waals surface area contributed by atoms with Crippen LogP contribution in [-0.4, -0.2) is 11.2 Å². The van der Waals surface area contributed by atoms with Crippen molar-refractivity contribution in [1.29, 1.82) is 5.26 Å². The molecule has 2 N–H and O–H groups in total. The van der Waals surface area contributed by atoms with E-state index in [1.165, 1.54) is 23.9 Å². The van der Waals surface area contributed by atoms with Gasteiger partial charge in [0.25, 0.3) is 5.69 Å².